The third kappa shape index (κ3) is 663. The molecular weight excluding hydrogens is 331 g/mol. The van der Waals surface area contributed by atoms with Crippen molar-refractivity contribution in [3.05, 3.63) is 0 Å². The maximum atomic E-state index is 9.00. The molecule has 0 aliphatic carbocycles. The molecule has 0 atom stereocenters. The van der Waals surface area contributed by atoms with E-state index in [9.17, 15) is 0 Å². The Labute approximate surface area is 180 Å². The number of primary amides is 2. The third-order valence-electron chi connectivity index (χ3n) is 0. The van der Waals surface area contributed by atoms with E-state index in [1.807, 2.05) is 0 Å². The molecule has 0 saturated carbocycles. The molecule has 0 aromatic rings. The average Bonchev–Trinajstić information content (AvgIpc) is 1.50. The zero-order chi connectivity index (χ0) is 11.7. The number of carbonyl (C=O) groups is 2. The van der Waals surface area contributed by atoms with E-state index in [2.05, 4.69) is 11.5 Å². The Morgan fingerprint density at radius 1 is 0.875 bits per heavy atom. The smallest absolute Gasteiger partial charge is 0.822 e. The van der Waals surface area contributed by atoms with Crippen molar-refractivity contribution in [1.82, 2.24) is 0 Å². The summed E-state index contributed by atoms with van der Waals surface area (Å²) in [5.74, 6) is 0. The molecule has 0 unspecified atom stereocenters. The largest absolute Gasteiger partial charge is 2.00 e. The Kier molecular flexibility index (Phi) is 51.2. The van der Waals surface area contributed by atoms with Gasteiger partial charge in [0.05, 0.1) is 0 Å². The SMILES string of the molecule is NC(N)=O.O=C([O-])[O-].O=P([O-])([O-])[O-].[Ca+2].[Ca+2].[Ca+2]. The zero-order valence-corrected chi connectivity index (χ0v) is 15.5. The van der Waals surface area contributed by atoms with Crippen LogP contribution >= 0.6 is 7.82 Å². The summed E-state index contributed by atoms with van der Waals surface area (Å²) >= 11 is 0. The van der Waals surface area contributed by atoms with Gasteiger partial charge in [0.2, 0.25) is 0 Å². The van der Waals surface area contributed by atoms with Crippen molar-refractivity contribution in [1.29, 1.82) is 0 Å². The molecule has 14 heteroatoms. The van der Waals surface area contributed by atoms with Crippen LogP contribution in [0.3, 0.4) is 0 Å². The molecule has 80 valence electrons. The van der Waals surface area contributed by atoms with Crippen LogP contribution in [0.4, 0.5) is 9.59 Å². The molecule has 0 radical (unpaired) electrons. The molecule has 0 saturated heterocycles. The molecule has 0 aromatic heterocycles. The minimum absolute atomic E-state index is 0. The molecule has 4 N–H and O–H groups in total. The van der Waals surface area contributed by atoms with E-state index >= 15 is 0 Å². The van der Waals surface area contributed by atoms with Gasteiger partial charge in [-0.15, -0.1) is 0 Å². The molecule has 0 aliphatic heterocycles. The predicted octanol–water partition coefficient (Wildman–Crippen LogP) is -7.39. The van der Waals surface area contributed by atoms with Crippen molar-refractivity contribution in [2.24, 2.45) is 11.5 Å². The van der Waals surface area contributed by atoms with E-state index in [0.717, 1.165) is 0 Å². The minimum atomic E-state index is -5.39. The second-order valence-corrected chi connectivity index (χ2v) is 1.99. The van der Waals surface area contributed by atoms with Crippen molar-refractivity contribution in [2.45, 2.75) is 0 Å². The first kappa shape index (κ1) is 36.2. The second-order valence-electron chi connectivity index (χ2n) is 1.10. The Morgan fingerprint density at radius 2 is 0.875 bits per heavy atom. The van der Waals surface area contributed by atoms with Gasteiger partial charge in [0.25, 0.3) is 0 Å². The number of hydrogen-bond donors (Lipinski definition) is 2. The molecule has 0 heterocycles. The van der Waals surface area contributed by atoms with Crippen molar-refractivity contribution >= 4 is 133 Å². The Hall–Kier alpha value is 2.43. The molecule has 0 aromatic carbocycles. The Morgan fingerprint density at radius 3 is 0.875 bits per heavy atom. The number of nitrogens with two attached hydrogens (primary N) is 2. The number of rotatable bonds is 0. The summed E-state index contributed by atoms with van der Waals surface area (Å²) in [4.78, 5) is 43.0. The van der Waals surface area contributed by atoms with Crippen LogP contribution in [-0.4, -0.2) is 125 Å². The minimum Gasteiger partial charge on any atom is -0.822 e. The van der Waals surface area contributed by atoms with Crippen molar-refractivity contribution < 1.29 is 39.0 Å². The zero-order valence-electron chi connectivity index (χ0n) is 7.99. The molecule has 0 rings (SSSR count). The van der Waals surface area contributed by atoms with Crippen LogP contribution in [-0.2, 0) is 4.57 Å². The number of hydrogen-bond acceptors (Lipinski definition) is 8. The first-order chi connectivity index (χ1) is 5.46. The fraction of sp³-hybridized carbons (Fsp3) is 0. The van der Waals surface area contributed by atoms with Gasteiger partial charge in [0.1, 0.15) is 0 Å². The average molecular weight is 335 g/mol. The first-order valence-corrected chi connectivity index (χ1v) is 3.58. The summed E-state index contributed by atoms with van der Waals surface area (Å²) in [6.45, 7) is 0. The molecule has 0 aliphatic rings. The fourth-order valence-electron chi connectivity index (χ4n) is 0. The van der Waals surface area contributed by atoms with E-state index in [1.165, 1.54) is 0 Å². The fourth-order valence-corrected chi connectivity index (χ4v) is 0. The van der Waals surface area contributed by atoms with E-state index < -0.39 is 20.0 Å². The maximum absolute atomic E-state index is 9.00. The van der Waals surface area contributed by atoms with Crippen LogP contribution in [0.5, 0.6) is 0 Å². The number of carbonyl (C=O) groups excluding carboxylic acids is 2. The first-order valence-electron chi connectivity index (χ1n) is 2.12. The summed E-state index contributed by atoms with van der Waals surface area (Å²) in [5.41, 5.74) is 8.50. The summed E-state index contributed by atoms with van der Waals surface area (Å²) in [6, 6.07) is -0.833. The molecule has 16 heavy (non-hydrogen) atoms. The van der Waals surface area contributed by atoms with Crippen molar-refractivity contribution in [3.63, 3.8) is 0 Å². The summed E-state index contributed by atoms with van der Waals surface area (Å²) in [5, 5.41) is 16.7. The quantitative estimate of drug-likeness (QED) is 0.319. The van der Waals surface area contributed by atoms with E-state index in [4.69, 9.17) is 39.0 Å². The van der Waals surface area contributed by atoms with E-state index in [1.54, 1.807) is 0 Å². The molecule has 2 amide bonds. The van der Waals surface area contributed by atoms with Crippen LogP contribution in [0.2, 0.25) is 0 Å². The number of urea groups is 1. The van der Waals surface area contributed by atoms with Gasteiger partial charge in [-0.2, -0.15) is 7.82 Å². The van der Waals surface area contributed by atoms with Gasteiger partial charge in [0.15, 0.2) is 0 Å². The summed E-state index contributed by atoms with van der Waals surface area (Å²) in [6.07, 6.45) is -2.33. The van der Waals surface area contributed by atoms with Crippen molar-refractivity contribution in [2.75, 3.05) is 0 Å². The van der Waals surface area contributed by atoms with Gasteiger partial charge in [-0.3, -0.25) is 0 Å². The monoisotopic (exact) mass is 335 g/mol. The van der Waals surface area contributed by atoms with Crippen LogP contribution in [0.15, 0.2) is 0 Å². The molecule has 0 bridgehead atoms. The number of amides is 2. The molecule has 0 fully saturated rings. The van der Waals surface area contributed by atoms with Crippen LogP contribution in [0, 0.1) is 0 Å². The number of carboxylic acid groups (broad SMARTS) is 2. The van der Waals surface area contributed by atoms with Crippen LogP contribution < -0.4 is 36.4 Å². The van der Waals surface area contributed by atoms with Gasteiger partial charge >= 0.3 is 119 Å². The van der Waals surface area contributed by atoms with Gasteiger partial charge < -0.3 is 45.7 Å². The van der Waals surface area contributed by atoms with Crippen molar-refractivity contribution in [3.8, 4) is 0 Å². The topological polar surface area (TPSA) is 219 Å². The van der Waals surface area contributed by atoms with Gasteiger partial charge in [-0.1, -0.05) is 0 Å². The van der Waals surface area contributed by atoms with Gasteiger partial charge in [-0.05, 0) is 6.16 Å². The molecule has 0 spiro atoms. The van der Waals surface area contributed by atoms with E-state index in [0.29, 0.717) is 0 Å². The Bertz CT molecular complexity index is 179. The Balaban J connectivity index is -0.0000000216. The summed E-state index contributed by atoms with van der Waals surface area (Å²) in [7, 11) is -5.39. The van der Waals surface area contributed by atoms with Gasteiger partial charge in [-0.25, -0.2) is 4.79 Å². The summed E-state index contributed by atoms with van der Waals surface area (Å²) < 4.78 is 8.55. The van der Waals surface area contributed by atoms with Gasteiger partial charge in [0, 0.05) is 0 Å². The molecule has 10 nitrogen and oxygen atoms in total. The second kappa shape index (κ2) is 22.6. The number of phosphoric acid groups is 1. The van der Waals surface area contributed by atoms with Crippen LogP contribution in [0.25, 0.3) is 0 Å². The standard InChI is InChI=1S/CH4N2O.CH2O3.3Ca.H3O4P/c2*2-1(3)4;;;;1-5(2,3)4/h(H4,2,3,4);(H2,2,3,4);;;;(H3,1,2,3,4)/q;;3*+2;/p-5. The van der Waals surface area contributed by atoms with E-state index in [-0.39, 0.29) is 113 Å². The van der Waals surface area contributed by atoms with Crippen LogP contribution in [0.1, 0.15) is 0 Å². The maximum Gasteiger partial charge on any atom is 2.00 e. The predicted molar refractivity (Wildman–Crippen MR) is 44.0 cm³/mol. The third-order valence-corrected chi connectivity index (χ3v) is 0. The molecular formula is C2H4Ca3N2O8P+. The normalized spacial score (nSPS) is 6.69.